The molecule has 0 saturated heterocycles. The summed E-state index contributed by atoms with van der Waals surface area (Å²) >= 11 is 6.04. The average Bonchev–Trinajstić information content (AvgIpc) is 2.80. The Kier molecular flexibility index (Phi) is 3.19. The molecule has 0 aromatic carbocycles. The molecule has 2 aromatic heterocycles. The van der Waals surface area contributed by atoms with Crippen molar-refractivity contribution in [2.75, 3.05) is 5.32 Å². The van der Waals surface area contributed by atoms with Crippen molar-refractivity contribution < 1.29 is 0 Å². The van der Waals surface area contributed by atoms with Crippen molar-refractivity contribution in [2.45, 2.75) is 32.4 Å². The van der Waals surface area contributed by atoms with Gasteiger partial charge in [-0.25, -0.2) is 4.98 Å². The molecule has 1 aliphatic rings. The van der Waals surface area contributed by atoms with Crippen molar-refractivity contribution in [3.63, 3.8) is 0 Å². The van der Waals surface area contributed by atoms with Crippen molar-refractivity contribution in [1.29, 1.82) is 0 Å². The van der Waals surface area contributed by atoms with E-state index in [1.54, 1.807) is 6.20 Å². The number of rotatable bonds is 3. The quantitative estimate of drug-likeness (QED) is 0.925. The van der Waals surface area contributed by atoms with E-state index in [0.717, 1.165) is 18.7 Å². The number of halogens is 1. The highest BCUT2D eigenvalue weighted by Crippen LogP contribution is 2.19. The third-order valence-electron chi connectivity index (χ3n) is 3.16. The number of hydrogen-bond acceptors (Lipinski definition) is 3. The van der Waals surface area contributed by atoms with Crippen LogP contribution in [-0.4, -0.2) is 14.8 Å². The Hall–Kier alpha value is -1.55. The first-order chi connectivity index (χ1) is 8.83. The number of fused-ring (bicyclic) bond motifs is 1. The summed E-state index contributed by atoms with van der Waals surface area (Å²) in [6.45, 7) is 1.70. The van der Waals surface area contributed by atoms with Crippen LogP contribution in [0.25, 0.3) is 0 Å². The van der Waals surface area contributed by atoms with Gasteiger partial charge in [-0.3, -0.25) is 4.68 Å². The van der Waals surface area contributed by atoms with Gasteiger partial charge in [-0.1, -0.05) is 11.6 Å². The van der Waals surface area contributed by atoms with Crippen molar-refractivity contribution in [3.8, 4) is 0 Å². The Morgan fingerprint density at radius 3 is 3.17 bits per heavy atom. The molecule has 0 bridgehead atoms. The van der Waals surface area contributed by atoms with E-state index in [-0.39, 0.29) is 0 Å². The molecule has 0 unspecified atom stereocenters. The van der Waals surface area contributed by atoms with Crippen molar-refractivity contribution >= 4 is 17.4 Å². The Morgan fingerprint density at radius 1 is 1.39 bits per heavy atom. The molecule has 18 heavy (non-hydrogen) atoms. The van der Waals surface area contributed by atoms with Crippen molar-refractivity contribution in [2.24, 2.45) is 0 Å². The lowest BCUT2D eigenvalue weighted by Gasteiger charge is -2.11. The van der Waals surface area contributed by atoms with Crippen LogP contribution in [0.3, 0.4) is 0 Å². The first-order valence-electron chi connectivity index (χ1n) is 6.23. The van der Waals surface area contributed by atoms with Crippen LogP contribution in [0.5, 0.6) is 0 Å². The first kappa shape index (κ1) is 11.5. The molecule has 2 aromatic rings. The summed E-state index contributed by atoms with van der Waals surface area (Å²) in [6.07, 6.45) is 5.36. The van der Waals surface area contributed by atoms with E-state index in [1.165, 1.54) is 18.5 Å². The molecule has 0 fully saturated rings. The summed E-state index contributed by atoms with van der Waals surface area (Å²) in [5, 5.41) is 8.44. The van der Waals surface area contributed by atoms with E-state index in [9.17, 15) is 0 Å². The summed E-state index contributed by atoms with van der Waals surface area (Å²) < 4.78 is 2.11. The lowest BCUT2D eigenvalue weighted by Crippen LogP contribution is -2.11. The number of anilines is 1. The van der Waals surface area contributed by atoms with Crippen LogP contribution in [0, 0.1) is 0 Å². The van der Waals surface area contributed by atoms with Gasteiger partial charge in [-0.15, -0.1) is 0 Å². The van der Waals surface area contributed by atoms with Crippen LogP contribution in [0.1, 0.15) is 24.2 Å². The molecule has 1 aliphatic heterocycles. The molecule has 4 nitrogen and oxygen atoms in total. The zero-order valence-corrected chi connectivity index (χ0v) is 10.8. The molecule has 0 aliphatic carbocycles. The molecular formula is C13H15ClN4. The minimum Gasteiger partial charge on any atom is -0.363 e. The predicted octanol–water partition coefficient (Wildman–Crippen LogP) is 2.88. The molecule has 0 amide bonds. The fourth-order valence-electron chi connectivity index (χ4n) is 2.25. The van der Waals surface area contributed by atoms with Gasteiger partial charge in [0.15, 0.2) is 0 Å². The van der Waals surface area contributed by atoms with Gasteiger partial charge in [0.25, 0.3) is 0 Å². The van der Waals surface area contributed by atoms with Gasteiger partial charge >= 0.3 is 0 Å². The second kappa shape index (κ2) is 4.98. The van der Waals surface area contributed by atoms with E-state index >= 15 is 0 Å². The van der Waals surface area contributed by atoms with Crippen molar-refractivity contribution in [3.05, 3.63) is 40.8 Å². The lowest BCUT2D eigenvalue weighted by molar-refractivity contribution is 0.484. The van der Waals surface area contributed by atoms with Crippen molar-refractivity contribution in [1.82, 2.24) is 14.8 Å². The Bertz CT molecular complexity index is 526. The molecule has 0 spiro atoms. The second-order valence-electron chi connectivity index (χ2n) is 4.49. The smallest absolute Gasteiger partial charge is 0.145 e. The van der Waals surface area contributed by atoms with Crippen LogP contribution in [-0.2, 0) is 19.5 Å². The molecule has 3 heterocycles. The Morgan fingerprint density at radius 2 is 2.33 bits per heavy atom. The van der Waals surface area contributed by atoms with Gasteiger partial charge in [0.1, 0.15) is 5.82 Å². The first-order valence-corrected chi connectivity index (χ1v) is 6.61. The summed E-state index contributed by atoms with van der Waals surface area (Å²) in [6, 6.07) is 5.82. The Labute approximate surface area is 111 Å². The number of aromatic nitrogens is 3. The van der Waals surface area contributed by atoms with Gasteiger partial charge < -0.3 is 5.32 Å². The third kappa shape index (κ3) is 2.34. The Balaban J connectivity index is 1.70. The molecule has 94 valence electrons. The van der Waals surface area contributed by atoms with E-state index in [0.29, 0.717) is 17.4 Å². The molecule has 5 heteroatoms. The third-order valence-corrected chi connectivity index (χ3v) is 3.47. The molecular weight excluding hydrogens is 248 g/mol. The number of hydrogen-bond donors (Lipinski definition) is 1. The van der Waals surface area contributed by atoms with Gasteiger partial charge in [0.05, 0.1) is 17.3 Å². The van der Waals surface area contributed by atoms with Crippen LogP contribution >= 0.6 is 11.6 Å². The highest BCUT2D eigenvalue weighted by molar-refractivity contribution is 6.32. The summed E-state index contributed by atoms with van der Waals surface area (Å²) in [4.78, 5) is 4.20. The van der Waals surface area contributed by atoms with Crippen LogP contribution in [0.2, 0.25) is 5.02 Å². The minimum absolute atomic E-state index is 0.640. The zero-order chi connectivity index (χ0) is 12.4. The SMILES string of the molecule is Clc1cccnc1NCc1cc2n(n1)CCCC2. The largest absolute Gasteiger partial charge is 0.363 e. The fourth-order valence-corrected chi connectivity index (χ4v) is 2.44. The number of pyridine rings is 1. The van der Waals surface area contributed by atoms with E-state index in [1.807, 2.05) is 12.1 Å². The summed E-state index contributed by atoms with van der Waals surface area (Å²) in [5.74, 6) is 0.713. The highest BCUT2D eigenvalue weighted by atomic mass is 35.5. The van der Waals surface area contributed by atoms with E-state index in [4.69, 9.17) is 11.6 Å². The van der Waals surface area contributed by atoms with Gasteiger partial charge in [0.2, 0.25) is 0 Å². The lowest BCUT2D eigenvalue weighted by atomic mass is 10.1. The highest BCUT2D eigenvalue weighted by Gasteiger charge is 2.12. The topological polar surface area (TPSA) is 42.7 Å². The predicted molar refractivity (Wildman–Crippen MR) is 71.7 cm³/mol. The zero-order valence-electron chi connectivity index (χ0n) is 10.1. The molecule has 0 atom stereocenters. The molecule has 3 rings (SSSR count). The van der Waals surface area contributed by atoms with E-state index < -0.39 is 0 Å². The second-order valence-corrected chi connectivity index (χ2v) is 4.90. The maximum atomic E-state index is 6.04. The van der Waals surface area contributed by atoms with Crippen LogP contribution in [0.15, 0.2) is 24.4 Å². The number of nitrogens with one attached hydrogen (secondary N) is 1. The maximum Gasteiger partial charge on any atom is 0.145 e. The van der Waals surface area contributed by atoms with Gasteiger partial charge in [-0.05, 0) is 37.5 Å². The minimum atomic E-state index is 0.640. The molecule has 1 N–H and O–H groups in total. The fraction of sp³-hybridized carbons (Fsp3) is 0.385. The van der Waals surface area contributed by atoms with Gasteiger partial charge in [0, 0.05) is 18.4 Å². The summed E-state index contributed by atoms with van der Waals surface area (Å²) in [7, 11) is 0. The average molecular weight is 263 g/mol. The van der Waals surface area contributed by atoms with Crippen LogP contribution in [0.4, 0.5) is 5.82 Å². The standard InChI is InChI=1S/C13H15ClN4/c14-12-5-3-6-15-13(12)16-9-10-8-11-4-1-2-7-18(11)17-10/h3,5-6,8H,1-2,4,7,9H2,(H,15,16). The summed E-state index contributed by atoms with van der Waals surface area (Å²) in [5.41, 5.74) is 2.39. The molecule has 0 radical (unpaired) electrons. The maximum absolute atomic E-state index is 6.04. The number of aryl methyl sites for hydroxylation is 2. The normalized spacial score (nSPS) is 14.3. The number of nitrogens with zero attached hydrogens (tertiary/aromatic N) is 3. The molecule has 0 saturated carbocycles. The monoisotopic (exact) mass is 262 g/mol. The van der Waals surface area contributed by atoms with Gasteiger partial charge in [-0.2, -0.15) is 5.10 Å². The van der Waals surface area contributed by atoms with E-state index in [2.05, 4.69) is 26.1 Å². The van der Waals surface area contributed by atoms with Crippen LogP contribution < -0.4 is 5.32 Å².